The summed E-state index contributed by atoms with van der Waals surface area (Å²) in [6, 6.07) is 2.46. The van der Waals surface area contributed by atoms with Crippen molar-refractivity contribution >= 4 is 17.7 Å². The molecule has 1 aromatic rings. The molecule has 5 nitrogen and oxygen atoms in total. The number of amides is 2. The summed E-state index contributed by atoms with van der Waals surface area (Å²) in [6.07, 6.45) is 0. The van der Waals surface area contributed by atoms with E-state index in [4.69, 9.17) is 5.11 Å². The molecule has 0 spiro atoms. The number of halogens is 1. The van der Waals surface area contributed by atoms with E-state index in [-0.39, 0.29) is 5.82 Å². The maximum atomic E-state index is 13.1. The molecule has 20 heavy (non-hydrogen) atoms. The molecule has 0 aliphatic carbocycles. The second-order valence-electron chi connectivity index (χ2n) is 5.70. The molecule has 0 radical (unpaired) electrons. The lowest BCUT2D eigenvalue weighted by Gasteiger charge is -2.27. The number of carboxylic acid groups (broad SMARTS) is 1. The lowest BCUT2D eigenvalue weighted by atomic mass is 9.87. The number of urea groups is 1. The van der Waals surface area contributed by atoms with E-state index in [1.807, 2.05) is 0 Å². The van der Waals surface area contributed by atoms with Crippen LogP contribution in [-0.4, -0.2) is 23.1 Å². The summed E-state index contributed by atoms with van der Waals surface area (Å²) in [4.78, 5) is 22.9. The topological polar surface area (TPSA) is 78.4 Å². The summed E-state index contributed by atoms with van der Waals surface area (Å²) in [6.45, 7) is 6.73. The highest BCUT2D eigenvalue weighted by Gasteiger charge is 2.32. The Labute approximate surface area is 117 Å². The van der Waals surface area contributed by atoms with Crippen LogP contribution in [0.2, 0.25) is 0 Å². The Morgan fingerprint density at radius 2 is 1.90 bits per heavy atom. The van der Waals surface area contributed by atoms with E-state index in [1.54, 1.807) is 27.7 Å². The smallest absolute Gasteiger partial charge is 0.326 e. The SMILES string of the molecule is Cc1cc(NC(=O)N[C@@H](C(=O)O)C(C)(C)C)ccc1F. The van der Waals surface area contributed by atoms with Gasteiger partial charge in [0.2, 0.25) is 0 Å². The first-order chi connectivity index (χ1) is 9.11. The number of anilines is 1. The van der Waals surface area contributed by atoms with Gasteiger partial charge in [0.15, 0.2) is 0 Å². The summed E-state index contributed by atoms with van der Waals surface area (Å²) >= 11 is 0. The predicted molar refractivity (Wildman–Crippen MR) is 74.2 cm³/mol. The summed E-state index contributed by atoms with van der Waals surface area (Å²) in [5.41, 5.74) is 0.176. The number of benzene rings is 1. The van der Waals surface area contributed by atoms with Gasteiger partial charge in [0.05, 0.1) is 0 Å². The molecule has 0 heterocycles. The fraction of sp³-hybridized carbons (Fsp3) is 0.429. The number of carboxylic acids is 1. The first kappa shape index (κ1) is 15.9. The molecular weight excluding hydrogens is 263 g/mol. The van der Waals surface area contributed by atoms with E-state index in [0.29, 0.717) is 11.3 Å². The van der Waals surface area contributed by atoms with Crippen LogP contribution in [0, 0.1) is 18.2 Å². The normalized spacial score (nSPS) is 12.7. The van der Waals surface area contributed by atoms with Crippen molar-refractivity contribution in [2.45, 2.75) is 33.7 Å². The molecular formula is C14H19FN2O3. The minimum absolute atomic E-state index is 0.367. The van der Waals surface area contributed by atoms with Crippen molar-refractivity contribution in [3.05, 3.63) is 29.6 Å². The number of aryl methyl sites for hydroxylation is 1. The molecule has 110 valence electrons. The van der Waals surface area contributed by atoms with Gasteiger partial charge in [-0.1, -0.05) is 20.8 Å². The van der Waals surface area contributed by atoms with Gasteiger partial charge in [-0.15, -0.1) is 0 Å². The zero-order valence-corrected chi connectivity index (χ0v) is 12.0. The number of carbonyl (C=O) groups is 2. The zero-order chi connectivity index (χ0) is 15.5. The summed E-state index contributed by atoms with van der Waals surface area (Å²) in [5, 5.41) is 14.0. The largest absolute Gasteiger partial charge is 0.480 e. The highest BCUT2D eigenvalue weighted by Crippen LogP contribution is 2.20. The van der Waals surface area contributed by atoms with Crippen LogP contribution in [-0.2, 0) is 4.79 Å². The van der Waals surface area contributed by atoms with Crippen LogP contribution in [0.4, 0.5) is 14.9 Å². The van der Waals surface area contributed by atoms with E-state index in [2.05, 4.69) is 10.6 Å². The van der Waals surface area contributed by atoms with Crippen LogP contribution in [0.25, 0.3) is 0 Å². The third kappa shape index (κ3) is 4.22. The fourth-order valence-corrected chi connectivity index (χ4v) is 1.67. The van der Waals surface area contributed by atoms with Crippen molar-refractivity contribution in [1.29, 1.82) is 0 Å². The second-order valence-corrected chi connectivity index (χ2v) is 5.70. The maximum Gasteiger partial charge on any atom is 0.326 e. The molecule has 1 atom stereocenters. The third-order valence-corrected chi connectivity index (χ3v) is 2.80. The molecule has 0 saturated heterocycles. The van der Waals surface area contributed by atoms with Gasteiger partial charge in [-0.3, -0.25) is 0 Å². The Balaban J connectivity index is 2.76. The monoisotopic (exact) mass is 282 g/mol. The maximum absolute atomic E-state index is 13.1. The van der Waals surface area contributed by atoms with Gasteiger partial charge >= 0.3 is 12.0 Å². The fourth-order valence-electron chi connectivity index (χ4n) is 1.67. The number of hydrogen-bond donors (Lipinski definition) is 3. The molecule has 0 saturated carbocycles. The van der Waals surface area contributed by atoms with Gasteiger partial charge in [0.1, 0.15) is 11.9 Å². The van der Waals surface area contributed by atoms with Crippen molar-refractivity contribution in [2.75, 3.05) is 5.32 Å². The van der Waals surface area contributed by atoms with Crippen molar-refractivity contribution in [3.8, 4) is 0 Å². The van der Waals surface area contributed by atoms with Crippen LogP contribution in [0.5, 0.6) is 0 Å². The summed E-state index contributed by atoms with van der Waals surface area (Å²) < 4.78 is 13.1. The van der Waals surface area contributed by atoms with E-state index in [9.17, 15) is 14.0 Å². The Kier molecular flexibility index (Phi) is 4.70. The molecule has 1 aromatic carbocycles. The first-order valence-corrected chi connectivity index (χ1v) is 6.17. The number of aliphatic carboxylic acids is 1. The lowest BCUT2D eigenvalue weighted by Crippen LogP contribution is -2.50. The Hall–Kier alpha value is -2.11. The van der Waals surface area contributed by atoms with E-state index >= 15 is 0 Å². The van der Waals surface area contributed by atoms with Gasteiger partial charge in [-0.2, -0.15) is 0 Å². The zero-order valence-electron chi connectivity index (χ0n) is 12.0. The molecule has 1 rings (SSSR count). The Bertz CT molecular complexity index is 524. The number of rotatable bonds is 3. The van der Waals surface area contributed by atoms with Gasteiger partial charge in [-0.25, -0.2) is 14.0 Å². The lowest BCUT2D eigenvalue weighted by molar-refractivity contribution is -0.141. The van der Waals surface area contributed by atoms with Crippen LogP contribution in [0.3, 0.4) is 0 Å². The van der Waals surface area contributed by atoms with Crippen molar-refractivity contribution in [2.24, 2.45) is 5.41 Å². The Morgan fingerprint density at radius 3 is 2.35 bits per heavy atom. The van der Waals surface area contributed by atoms with Crippen molar-refractivity contribution in [3.63, 3.8) is 0 Å². The minimum atomic E-state index is -1.11. The van der Waals surface area contributed by atoms with Crippen LogP contribution in [0.15, 0.2) is 18.2 Å². The van der Waals surface area contributed by atoms with E-state index < -0.39 is 23.5 Å². The quantitative estimate of drug-likeness (QED) is 0.797. The molecule has 6 heteroatoms. The van der Waals surface area contributed by atoms with Crippen LogP contribution in [0.1, 0.15) is 26.3 Å². The van der Waals surface area contributed by atoms with Gasteiger partial charge in [-0.05, 0) is 36.1 Å². The highest BCUT2D eigenvalue weighted by molar-refractivity contribution is 5.92. The number of nitrogens with one attached hydrogen (secondary N) is 2. The third-order valence-electron chi connectivity index (χ3n) is 2.80. The molecule has 0 unspecified atom stereocenters. The molecule has 0 fully saturated rings. The van der Waals surface area contributed by atoms with E-state index in [1.165, 1.54) is 18.2 Å². The molecule has 3 N–H and O–H groups in total. The number of hydrogen-bond acceptors (Lipinski definition) is 2. The molecule has 0 bridgehead atoms. The number of carbonyl (C=O) groups excluding carboxylic acids is 1. The van der Waals surface area contributed by atoms with Gasteiger partial charge in [0.25, 0.3) is 0 Å². The molecule has 0 aliphatic rings. The first-order valence-electron chi connectivity index (χ1n) is 6.17. The summed E-state index contributed by atoms with van der Waals surface area (Å²) in [5.74, 6) is -1.48. The second kappa shape index (κ2) is 5.90. The van der Waals surface area contributed by atoms with Crippen molar-refractivity contribution in [1.82, 2.24) is 5.32 Å². The molecule has 0 aromatic heterocycles. The average Bonchev–Trinajstić information content (AvgIpc) is 2.29. The molecule has 2 amide bonds. The van der Waals surface area contributed by atoms with Gasteiger partial charge in [0, 0.05) is 5.69 Å². The van der Waals surface area contributed by atoms with Crippen LogP contribution < -0.4 is 10.6 Å². The average molecular weight is 282 g/mol. The summed E-state index contributed by atoms with van der Waals surface area (Å²) in [7, 11) is 0. The van der Waals surface area contributed by atoms with Crippen molar-refractivity contribution < 1.29 is 19.1 Å². The van der Waals surface area contributed by atoms with E-state index in [0.717, 1.165) is 0 Å². The highest BCUT2D eigenvalue weighted by atomic mass is 19.1. The minimum Gasteiger partial charge on any atom is -0.480 e. The Morgan fingerprint density at radius 1 is 1.30 bits per heavy atom. The molecule has 0 aliphatic heterocycles. The standard InChI is InChI=1S/C14H19FN2O3/c1-8-7-9(5-6-10(8)15)16-13(20)17-11(12(18)19)14(2,3)4/h5-7,11H,1-4H3,(H,18,19)(H2,16,17,20)/t11-/m0/s1. The van der Waals surface area contributed by atoms with Gasteiger partial charge < -0.3 is 15.7 Å². The van der Waals surface area contributed by atoms with Crippen LogP contribution >= 0.6 is 0 Å². The predicted octanol–water partition coefficient (Wildman–Crippen LogP) is 2.75.